The normalized spacial score (nSPS) is 13.0. The number of ether oxygens (including phenoxy) is 1. The van der Waals surface area contributed by atoms with Gasteiger partial charge in [-0.05, 0) is 90.4 Å². The summed E-state index contributed by atoms with van der Waals surface area (Å²) in [6, 6.07) is 30.2. The standard InChI is InChI=1S/C30H27N3O/c1-34-26-17-15-25(16-18-26)31-30-29(32-28-4-2-3-19-33(28)30)27-20-23-10-9-21-5-7-22(8-6-21)11-13-24(27)14-12-23/h2-8,12,14-20,31H,9-11,13H2,1H3. The summed E-state index contributed by atoms with van der Waals surface area (Å²) in [5.41, 5.74) is 9.58. The molecule has 4 aliphatic carbocycles. The maximum atomic E-state index is 5.33. The van der Waals surface area contributed by atoms with E-state index in [4.69, 9.17) is 9.72 Å². The number of nitrogens with one attached hydrogen (secondary N) is 1. The number of imidazole rings is 1. The van der Waals surface area contributed by atoms with Gasteiger partial charge in [0.05, 0.1) is 7.11 Å². The van der Waals surface area contributed by atoms with Crippen LogP contribution in [0.5, 0.6) is 5.75 Å². The summed E-state index contributed by atoms with van der Waals surface area (Å²) >= 11 is 0. The number of aromatic nitrogens is 2. The van der Waals surface area contributed by atoms with Crippen molar-refractivity contribution in [1.29, 1.82) is 0 Å². The van der Waals surface area contributed by atoms with Crippen molar-refractivity contribution >= 4 is 17.2 Å². The zero-order valence-electron chi connectivity index (χ0n) is 19.3. The first-order valence-corrected chi connectivity index (χ1v) is 11.8. The number of hydrogen-bond donors (Lipinski definition) is 1. The number of aryl methyl sites for hydroxylation is 4. The molecule has 2 aromatic heterocycles. The van der Waals surface area contributed by atoms with E-state index in [2.05, 4.69) is 64.4 Å². The van der Waals surface area contributed by atoms with Crippen LogP contribution in [0.15, 0.2) is 91.1 Å². The van der Waals surface area contributed by atoms with E-state index in [0.29, 0.717) is 0 Å². The molecule has 4 bridgehead atoms. The van der Waals surface area contributed by atoms with E-state index >= 15 is 0 Å². The third kappa shape index (κ3) is 3.92. The van der Waals surface area contributed by atoms with E-state index in [1.165, 1.54) is 27.8 Å². The Morgan fingerprint density at radius 1 is 0.765 bits per heavy atom. The van der Waals surface area contributed by atoms with Crippen molar-refractivity contribution in [2.45, 2.75) is 25.7 Å². The van der Waals surface area contributed by atoms with Crippen molar-refractivity contribution in [2.75, 3.05) is 12.4 Å². The summed E-state index contributed by atoms with van der Waals surface area (Å²) in [5.74, 6) is 1.82. The topological polar surface area (TPSA) is 38.6 Å². The van der Waals surface area contributed by atoms with Crippen molar-refractivity contribution in [2.24, 2.45) is 0 Å². The number of fused-ring (bicyclic) bond motifs is 1. The Labute approximate surface area is 199 Å². The van der Waals surface area contributed by atoms with Crippen LogP contribution in [-0.4, -0.2) is 16.5 Å². The van der Waals surface area contributed by atoms with Gasteiger partial charge < -0.3 is 10.1 Å². The number of methoxy groups -OCH3 is 1. The summed E-state index contributed by atoms with van der Waals surface area (Å²) in [5, 5.41) is 3.64. The Hall–Kier alpha value is -4.05. The minimum atomic E-state index is 0.841. The molecule has 9 rings (SSSR count). The van der Waals surface area contributed by atoms with Gasteiger partial charge in [-0.1, -0.05) is 42.5 Å². The van der Waals surface area contributed by atoms with Crippen LogP contribution in [0.3, 0.4) is 0 Å². The summed E-state index contributed by atoms with van der Waals surface area (Å²) < 4.78 is 7.47. The first kappa shape index (κ1) is 20.5. The molecule has 0 fully saturated rings. The van der Waals surface area contributed by atoms with E-state index in [1.807, 2.05) is 36.4 Å². The SMILES string of the molecule is COc1ccc(Nc2c(-c3cc4ccc3CCc3ccc(cc3)CC4)nc3ccccn23)cc1. The van der Waals surface area contributed by atoms with Crippen molar-refractivity contribution < 1.29 is 4.74 Å². The highest BCUT2D eigenvalue weighted by atomic mass is 16.5. The van der Waals surface area contributed by atoms with E-state index in [-0.39, 0.29) is 0 Å². The minimum Gasteiger partial charge on any atom is -0.497 e. The maximum absolute atomic E-state index is 5.33. The predicted octanol–water partition coefficient (Wildman–Crippen LogP) is 6.64. The molecule has 0 saturated carbocycles. The van der Waals surface area contributed by atoms with E-state index in [0.717, 1.165) is 54.3 Å². The molecule has 0 aliphatic heterocycles. The fourth-order valence-electron chi connectivity index (χ4n) is 4.77. The fraction of sp³-hybridized carbons (Fsp3) is 0.167. The van der Waals surface area contributed by atoms with Gasteiger partial charge in [0.25, 0.3) is 0 Å². The van der Waals surface area contributed by atoms with Crippen LogP contribution in [-0.2, 0) is 25.7 Å². The predicted molar refractivity (Wildman–Crippen MR) is 138 cm³/mol. The van der Waals surface area contributed by atoms with Gasteiger partial charge in [-0.25, -0.2) is 4.98 Å². The van der Waals surface area contributed by atoms with E-state index in [9.17, 15) is 0 Å². The molecule has 0 saturated heterocycles. The molecule has 168 valence electrons. The van der Waals surface area contributed by atoms with Crippen molar-refractivity contribution in [3.05, 3.63) is 113 Å². The molecule has 1 N–H and O–H groups in total. The highest BCUT2D eigenvalue weighted by Crippen LogP contribution is 2.35. The van der Waals surface area contributed by atoms with Crippen LogP contribution >= 0.6 is 0 Å². The highest BCUT2D eigenvalue weighted by Gasteiger charge is 2.18. The second-order valence-corrected chi connectivity index (χ2v) is 8.90. The van der Waals surface area contributed by atoms with Gasteiger partial charge in [0.15, 0.2) is 0 Å². The summed E-state index contributed by atoms with van der Waals surface area (Å²) in [6.45, 7) is 0. The van der Waals surface area contributed by atoms with Crippen LogP contribution in [0.4, 0.5) is 11.5 Å². The molecule has 4 heteroatoms. The van der Waals surface area contributed by atoms with Crippen LogP contribution < -0.4 is 10.1 Å². The number of pyridine rings is 1. The van der Waals surface area contributed by atoms with Crippen molar-refractivity contribution in [1.82, 2.24) is 9.38 Å². The van der Waals surface area contributed by atoms with Crippen LogP contribution in [0.25, 0.3) is 16.9 Å². The monoisotopic (exact) mass is 445 g/mol. The van der Waals surface area contributed by atoms with Crippen LogP contribution in [0.1, 0.15) is 22.3 Å². The summed E-state index contributed by atoms with van der Waals surface area (Å²) in [7, 11) is 1.69. The molecule has 3 aromatic carbocycles. The number of rotatable bonds is 4. The summed E-state index contributed by atoms with van der Waals surface area (Å²) in [4.78, 5) is 5.10. The Morgan fingerprint density at radius 3 is 2.24 bits per heavy atom. The van der Waals surface area contributed by atoms with E-state index < -0.39 is 0 Å². The van der Waals surface area contributed by atoms with Gasteiger partial charge in [-0.2, -0.15) is 0 Å². The average Bonchev–Trinajstić information content (AvgIpc) is 3.24. The van der Waals surface area contributed by atoms with Gasteiger partial charge in [-0.15, -0.1) is 0 Å². The molecular weight excluding hydrogens is 418 g/mol. The van der Waals surface area contributed by atoms with Gasteiger partial charge >= 0.3 is 0 Å². The van der Waals surface area contributed by atoms with E-state index in [1.54, 1.807) is 7.11 Å². The minimum absolute atomic E-state index is 0.841. The quantitative estimate of drug-likeness (QED) is 0.337. The van der Waals surface area contributed by atoms with Crippen molar-refractivity contribution in [3.63, 3.8) is 0 Å². The Morgan fingerprint density at radius 2 is 1.47 bits per heavy atom. The molecule has 5 aromatic rings. The first-order valence-electron chi connectivity index (χ1n) is 11.8. The third-order valence-electron chi connectivity index (χ3n) is 6.72. The molecule has 34 heavy (non-hydrogen) atoms. The zero-order valence-corrected chi connectivity index (χ0v) is 19.3. The van der Waals surface area contributed by atoms with Gasteiger partial charge in [0, 0.05) is 17.4 Å². The fourth-order valence-corrected chi connectivity index (χ4v) is 4.77. The Balaban J connectivity index is 1.47. The van der Waals surface area contributed by atoms with Gasteiger partial charge in [0.1, 0.15) is 22.9 Å². The second kappa shape index (κ2) is 8.71. The smallest absolute Gasteiger partial charge is 0.143 e. The number of benzene rings is 3. The van der Waals surface area contributed by atoms with Crippen molar-refractivity contribution in [3.8, 4) is 17.0 Å². The third-order valence-corrected chi connectivity index (χ3v) is 6.72. The number of anilines is 2. The average molecular weight is 446 g/mol. The Bertz CT molecular complexity index is 1450. The number of nitrogens with zero attached hydrogens (tertiary/aromatic N) is 2. The molecule has 4 nitrogen and oxygen atoms in total. The zero-order chi connectivity index (χ0) is 22.9. The Kier molecular flexibility index (Phi) is 5.27. The first-order chi connectivity index (χ1) is 16.8. The molecule has 2 heterocycles. The molecule has 4 aliphatic rings. The molecule has 0 atom stereocenters. The van der Waals surface area contributed by atoms with Crippen LogP contribution in [0, 0.1) is 0 Å². The molecule has 0 radical (unpaired) electrons. The lowest BCUT2D eigenvalue weighted by molar-refractivity contribution is 0.415. The largest absolute Gasteiger partial charge is 0.497 e. The lowest BCUT2D eigenvalue weighted by atomic mass is 9.92. The molecule has 0 spiro atoms. The summed E-state index contributed by atoms with van der Waals surface area (Å²) in [6.07, 6.45) is 6.12. The van der Waals surface area contributed by atoms with Gasteiger partial charge in [-0.3, -0.25) is 4.40 Å². The molecule has 0 unspecified atom stereocenters. The lowest BCUT2D eigenvalue weighted by Gasteiger charge is -2.15. The molecule has 0 amide bonds. The van der Waals surface area contributed by atoms with Gasteiger partial charge in [0.2, 0.25) is 0 Å². The lowest BCUT2D eigenvalue weighted by Crippen LogP contribution is -2.02. The second-order valence-electron chi connectivity index (χ2n) is 8.90. The maximum Gasteiger partial charge on any atom is 0.143 e. The molecular formula is C30H27N3O. The van der Waals surface area contributed by atoms with Crippen LogP contribution in [0.2, 0.25) is 0 Å². The highest BCUT2D eigenvalue weighted by molar-refractivity contribution is 5.81. The number of hydrogen-bond acceptors (Lipinski definition) is 3.